The topological polar surface area (TPSA) is 17.8 Å². The molecule has 18 heavy (non-hydrogen) atoms. The van der Waals surface area contributed by atoms with Crippen LogP contribution in [0.15, 0.2) is 12.5 Å². The van der Waals surface area contributed by atoms with Gasteiger partial charge in [0.1, 0.15) is 0 Å². The highest BCUT2D eigenvalue weighted by Gasteiger charge is 2.20. The highest BCUT2D eigenvalue weighted by Crippen LogP contribution is 2.34. The highest BCUT2D eigenvalue weighted by atomic mass is 15.1. The van der Waals surface area contributed by atoms with Gasteiger partial charge in [-0.05, 0) is 38.0 Å². The molecule has 2 heteroatoms. The van der Waals surface area contributed by atoms with Gasteiger partial charge in [0.05, 0.1) is 12.0 Å². The lowest BCUT2D eigenvalue weighted by Crippen LogP contribution is -2.15. The van der Waals surface area contributed by atoms with Gasteiger partial charge in [0, 0.05) is 12.2 Å². The van der Waals surface area contributed by atoms with Gasteiger partial charge in [0.2, 0.25) is 0 Å². The number of nitrogens with zero attached hydrogens (tertiary/aromatic N) is 2. The molecule has 1 aliphatic rings. The molecule has 0 spiro atoms. The van der Waals surface area contributed by atoms with Crippen LogP contribution in [0.4, 0.5) is 0 Å². The Hall–Kier alpha value is -0.790. The quantitative estimate of drug-likeness (QED) is 0.691. The van der Waals surface area contributed by atoms with Gasteiger partial charge in [0.25, 0.3) is 0 Å². The molecule has 0 saturated heterocycles. The molecular formula is C16H28N2. The maximum atomic E-state index is 4.38. The van der Waals surface area contributed by atoms with Crippen LogP contribution in [0.3, 0.4) is 0 Å². The van der Waals surface area contributed by atoms with Crippen molar-refractivity contribution < 1.29 is 0 Å². The zero-order chi connectivity index (χ0) is 13.0. The number of aromatic nitrogens is 2. The van der Waals surface area contributed by atoms with E-state index < -0.39 is 0 Å². The first kappa shape index (κ1) is 13.6. The van der Waals surface area contributed by atoms with Crippen LogP contribution < -0.4 is 0 Å². The van der Waals surface area contributed by atoms with Crippen LogP contribution in [0, 0.1) is 12.3 Å². The Balaban J connectivity index is 1.98. The summed E-state index contributed by atoms with van der Waals surface area (Å²) in [5.41, 5.74) is 1.69. The van der Waals surface area contributed by atoms with Gasteiger partial charge < -0.3 is 4.57 Å². The van der Waals surface area contributed by atoms with Crippen molar-refractivity contribution in [1.29, 1.82) is 0 Å². The summed E-state index contributed by atoms with van der Waals surface area (Å²) in [5.74, 6) is 0. The third kappa shape index (κ3) is 3.86. The lowest BCUT2D eigenvalue weighted by molar-refractivity contribution is 0.257. The molecule has 0 radical (unpaired) electrons. The number of hydrogen-bond donors (Lipinski definition) is 0. The van der Waals surface area contributed by atoms with Gasteiger partial charge in [-0.3, -0.25) is 0 Å². The molecule has 1 atom stereocenters. The number of aryl methyl sites for hydroxylation is 1. The molecule has 0 bridgehead atoms. The van der Waals surface area contributed by atoms with Crippen LogP contribution in [0.5, 0.6) is 0 Å². The SMILES string of the molecule is Cc1cn(C2CCCCCC(C)(C)CCC2)cn1. The van der Waals surface area contributed by atoms with Crippen molar-refractivity contribution in [2.45, 2.75) is 78.2 Å². The Morgan fingerprint density at radius 1 is 1.11 bits per heavy atom. The van der Waals surface area contributed by atoms with E-state index in [2.05, 4.69) is 36.5 Å². The van der Waals surface area contributed by atoms with Crippen molar-refractivity contribution >= 4 is 0 Å². The Morgan fingerprint density at radius 3 is 2.56 bits per heavy atom. The van der Waals surface area contributed by atoms with Crippen molar-refractivity contribution in [2.24, 2.45) is 5.41 Å². The summed E-state index contributed by atoms with van der Waals surface area (Å²) >= 11 is 0. The van der Waals surface area contributed by atoms with Crippen LogP contribution in [0.25, 0.3) is 0 Å². The van der Waals surface area contributed by atoms with E-state index in [4.69, 9.17) is 0 Å². The van der Waals surface area contributed by atoms with E-state index in [1.165, 1.54) is 51.4 Å². The molecule has 102 valence electrons. The zero-order valence-corrected chi connectivity index (χ0v) is 12.3. The van der Waals surface area contributed by atoms with Crippen molar-refractivity contribution in [3.63, 3.8) is 0 Å². The normalized spacial score (nSPS) is 25.8. The average molecular weight is 248 g/mol. The smallest absolute Gasteiger partial charge is 0.0951 e. The Bertz CT molecular complexity index is 365. The largest absolute Gasteiger partial charge is 0.334 e. The lowest BCUT2D eigenvalue weighted by Gasteiger charge is -2.28. The first-order chi connectivity index (χ1) is 8.57. The number of rotatable bonds is 1. The summed E-state index contributed by atoms with van der Waals surface area (Å²) in [5, 5.41) is 0. The maximum absolute atomic E-state index is 4.38. The Labute approximate surface area is 112 Å². The first-order valence-corrected chi connectivity index (χ1v) is 7.57. The summed E-state index contributed by atoms with van der Waals surface area (Å²) in [4.78, 5) is 4.38. The second kappa shape index (κ2) is 5.90. The Morgan fingerprint density at radius 2 is 1.83 bits per heavy atom. The summed E-state index contributed by atoms with van der Waals surface area (Å²) in [6.45, 7) is 6.95. The van der Waals surface area contributed by atoms with Crippen molar-refractivity contribution in [1.82, 2.24) is 9.55 Å². The molecule has 0 amide bonds. The fourth-order valence-corrected chi connectivity index (χ4v) is 3.18. The van der Waals surface area contributed by atoms with E-state index in [1.54, 1.807) is 0 Å². The third-order valence-electron chi connectivity index (χ3n) is 4.43. The van der Waals surface area contributed by atoms with Crippen molar-refractivity contribution in [2.75, 3.05) is 0 Å². The van der Waals surface area contributed by atoms with E-state index >= 15 is 0 Å². The fourth-order valence-electron chi connectivity index (χ4n) is 3.18. The van der Waals surface area contributed by atoms with Crippen molar-refractivity contribution in [3.05, 3.63) is 18.2 Å². The van der Waals surface area contributed by atoms with E-state index in [1.807, 2.05) is 6.33 Å². The van der Waals surface area contributed by atoms with E-state index in [-0.39, 0.29) is 0 Å². The molecule has 2 rings (SSSR count). The molecule has 0 N–H and O–H groups in total. The van der Waals surface area contributed by atoms with Crippen molar-refractivity contribution in [3.8, 4) is 0 Å². The minimum Gasteiger partial charge on any atom is -0.334 e. The number of hydrogen-bond acceptors (Lipinski definition) is 1. The van der Waals surface area contributed by atoms with Crippen LogP contribution in [0.1, 0.15) is 76.9 Å². The second-order valence-corrected chi connectivity index (χ2v) is 6.77. The van der Waals surface area contributed by atoms with Gasteiger partial charge >= 0.3 is 0 Å². The van der Waals surface area contributed by atoms with Gasteiger partial charge in [-0.2, -0.15) is 0 Å². The van der Waals surface area contributed by atoms with Crippen LogP contribution >= 0.6 is 0 Å². The van der Waals surface area contributed by atoms with E-state index in [9.17, 15) is 0 Å². The van der Waals surface area contributed by atoms with Crippen LogP contribution in [-0.4, -0.2) is 9.55 Å². The molecule has 0 aromatic carbocycles. The molecule has 1 aromatic rings. The second-order valence-electron chi connectivity index (χ2n) is 6.77. The molecule has 0 aliphatic heterocycles. The molecule has 1 saturated carbocycles. The molecule has 1 aromatic heterocycles. The maximum Gasteiger partial charge on any atom is 0.0951 e. The molecular weight excluding hydrogens is 220 g/mol. The molecule has 1 fully saturated rings. The third-order valence-corrected chi connectivity index (χ3v) is 4.43. The predicted octanol–water partition coefficient (Wildman–Crippen LogP) is 4.89. The lowest BCUT2D eigenvalue weighted by atomic mass is 9.80. The minimum absolute atomic E-state index is 0.548. The average Bonchev–Trinajstić information content (AvgIpc) is 2.73. The summed E-state index contributed by atoms with van der Waals surface area (Å²) in [7, 11) is 0. The van der Waals surface area contributed by atoms with Gasteiger partial charge in [0.15, 0.2) is 0 Å². The van der Waals surface area contributed by atoms with Gasteiger partial charge in [-0.15, -0.1) is 0 Å². The van der Waals surface area contributed by atoms with E-state index in [0.29, 0.717) is 11.5 Å². The summed E-state index contributed by atoms with van der Waals surface area (Å²) < 4.78 is 2.35. The Kier molecular flexibility index (Phi) is 4.47. The standard InChI is InChI=1S/C16H28N2/c1-14-12-18(13-17-14)15-8-5-4-6-10-16(2,3)11-7-9-15/h12-13,15H,4-11H2,1-3H3. The summed E-state index contributed by atoms with van der Waals surface area (Å²) in [6, 6.07) is 0.681. The van der Waals surface area contributed by atoms with E-state index in [0.717, 1.165) is 5.69 Å². The zero-order valence-electron chi connectivity index (χ0n) is 12.3. The molecule has 1 aliphatic carbocycles. The highest BCUT2D eigenvalue weighted by molar-refractivity contribution is 4.94. The van der Waals surface area contributed by atoms with Gasteiger partial charge in [-0.25, -0.2) is 4.98 Å². The molecule has 2 nitrogen and oxygen atoms in total. The molecule has 1 unspecified atom stereocenters. The van der Waals surface area contributed by atoms with Gasteiger partial charge in [-0.1, -0.05) is 39.5 Å². The monoisotopic (exact) mass is 248 g/mol. The number of imidazole rings is 1. The van der Waals surface area contributed by atoms with Crippen LogP contribution in [0.2, 0.25) is 0 Å². The minimum atomic E-state index is 0.548. The fraction of sp³-hybridized carbons (Fsp3) is 0.812. The first-order valence-electron chi connectivity index (χ1n) is 7.57. The summed E-state index contributed by atoms with van der Waals surface area (Å²) in [6.07, 6.45) is 15.2. The predicted molar refractivity (Wildman–Crippen MR) is 76.7 cm³/mol. The van der Waals surface area contributed by atoms with Crippen LogP contribution in [-0.2, 0) is 0 Å². The molecule has 1 heterocycles.